The van der Waals surface area contributed by atoms with Crippen LogP contribution < -0.4 is 16.6 Å². The molecular weight excluding hydrogens is 340 g/mol. The van der Waals surface area contributed by atoms with Crippen molar-refractivity contribution < 1.29 is 14.5 Å². The van der Waals surface area contributed by atoms with Crippen LogP contribution in [-0.4, -0.2) is 21.3 Å². The highest BCUT2D eigenvalue weighted by atomic mass is 35.5. The molecule has 3 N–H and O–H groups in total. The minimum atomic E-state index is -1.12. The smallest absolute Gasteiger partial charge is 0.286 e. The number of halogens is 1. The molecule has 0 aliphatic rings. The van der Waals surface area contributed by atoms with Crippen molar-refractivity contribution in [1.82, 2.24) is 4.57 Å². The van der Waals surface area contributed by atoms with E-state index >= 15 is 0 Å². The van der Waals surface area contributed by atoms with E-state index < -0.39 is 40.1 Å². The van der Waals surface area contributed by atoms with Gasteiger partial charge in [0, 0.05) is 6.07 Å². The van der Waals surface area contributed by atoms with Gasteiger partial charge >= 0.3 is 0 Å². The van der Waals surface area contributed by atoms with E-state index in [9.17, 15) is 24.5 Å². The first-order valence-electron chi connectivity index (χ1n) is 6.52. The Labute approximate surface area is 139 Å². The van der Waals surface area contributed by atoms with E-state index in [1.165, 1.54) is 0 Å². The Balaban J connectivity index is 2.33. The third kappa shape index (κ3) is 3.76. The number of nitro groups is 1. The van der Waals surface area contributed by atoms with Gasteiger partial charge in [0.05, 0.1) is 21.8 Å². The van der Waals surface area contributed by atoms with Gasteiger partial charge in [-0.15, -0.1) is 0 Å². The molecule has 2 aromatic rings. The van der Waals surface area contributed by atoms with Gasteiger partial charge in [0.1, 0.15) is 12.1 Å². The van der Waals surface area contributed by atoms with Crippen LogP contribution in [0.5, 0.6) is 0 Å². The highest BCUT2D eigenvalue weighted by Gasteiger charge is 2.18. The molecule has 0 saturated carbocycles. The maximum absolute atomic E-state index is 12.1. The highest BCUT2D eigenvalue weighted by Crippen LogP contribution is 2.20. The number of nitrogens with zero attached hydrogens (tertiary/aromatic N) is 2. The number of aromatic nitrogens is 1. The topological polar surface area (TPSA) is 137 Å². The van der Waals surface area contributed by atoms with Crippen LogP contribution in [0.4, 0.5) is 11.4 Å². The molecule has 0 atom stereocenters. The van der Waals surface area contributed by atoms with E-state index in [0.29, 0.717) is 5.69 Å². The van der Waals surface area contributed by atoms with Gasteiger partial charge in [-0.3, -0.25) is 29.1 Å². The van der Waals surface area contributed by atoms with Crippen molar-refractivity contribution in [1.29, 1.82) is 0 Å². The fourth-order valence-corrected chi connectivity index (χ4v) is 2.10. The highest BCUT2D eigenvalue weighted by molar-refractivity contribution is 6.33. The zero-order chi connectivity index (χ0) is 17.9. The molecule has 0 radical (unpaired) electrons. The Bertz CT molecular complexity index is 893. The molecule has 24 heavy (non-hydrogen) atoms. The summed E-state index contributed by atoms with van der Waals surface area (Å²) in [6.45, 7) is -0.550. The van der Waals surface area contributed by atoms with Crippen molar-refractivity contribution in [2.24, 2.45) is 5.73 Å². The molecule has 0 saturated heterocycles. The first kappa shape index (κ1) is 17.2. The van der Waals surface area contributed by atoms with E-state index in [2.05, 4.69) is 5.32 Å². The summed E-state index contributed by atoms with van der Waals surface area (Å²) >= 11 is 5.90. The molecule has 2 amide bonds. The number of nitrogens with one attached hydrogen (secondary N) is 1. The molecule has 1 aromatic heterocycles. The maximum Gasteiger partial charge on any atom is 0.286 e. The molecule has 0 unspecified atom stereocenters. The molecule has 124 valence electrons. The molecule has 0 spiro atoms. The van der Waals surface area contributed by atoms with Crippen LogP contribution in [-0.2, 0) is 11.3 Å². The normalized spacial score (nSPS) is 10.2. The number of anilines is 1. The Hall–Kier alpha value is -3.20. The molecule has 0 aliphatic heterocycles. The van der Waals surface area contributed by atoms with Crippen molar-refractivity contribution in [3.8, 4) is 0 Å². The number of benzene rings is 1. The lowest BCUT2D eigenvalue weighted by atomic mass is 10.2. The molecular formula is C14H11ClN4O5. The summed E-state index contributed by atoms with van der Waals surface area (Å²) in [6, 6.07) is 7.19. The Kier molecular flexibility index (Phi) is 4.95. The number of nitrogens with two attached hydrogens (primary N) is 1. The van der Waals surface area contributed by atoms with Crippen LogP contribution in [0.15, 0.2) is 41.3 Å². The molecule has 1 aromatic carbocycles. The predicted octanol–water partition coefficient (Wildman–Crippen LogP) is 1.15. The Morgan fingerprint density at radius 3 is 2.58 bits per heavy atom. The number of para-hydroxylation sites is 1. The van der Waals surface area contributed by atoms with Gasteiger partial charge in [0.15, 0.2) is 0 Å². The van der Waals surface area contributed by atoms with Gasteiger partial charge in [-0.05, 0) is 12.1 Å². The Morgan fingerprint density at radius 1 is 1.33 bits per heavy atom. The molecule has 0 fully saturated rings. The van der Waals surface area contributed by atoms with Gasteiger partial charge in [0.25, 0.3) is 17.2 Å². The average molecular weight is 351 g/mol. The van der Waals surface area contributed by atoms with Crippen LogP contribution in [0, 0.1) is 10.1 Å². The third-order valence-corrected chi connectivity index (χ3v) is 3.34. The molecule has 2 rings (SSSR count). The zero-order valence-electron chi connectivity index (χ0n) is 12.1. The standard InChI is InChI=1S/C14H11ClN4O5/c15-10-3-1-2-4-11(10)17-12(20)7-18-6-8(19(23)24)5-9(13(16)21)14(18)22/h1-6H,7H2,(H2,16,21)(H,17,20). The van der Waals surface area contributed by atoms with Crippen LogP contribution in [0.2, 0.25) is 5.02 Å². The van der Waals surface area contributed by atoms with Crippen molar-refractivity contribution in [2.45, 2.75) is 6.54 Å². The van der Waals surface area contributed by atoms with E-state index in [1.807, 2.05) is 0 Å². The van der Waals surface area contributed by atoms with Crippen molar-refractivity contribution in [3.05, 3.63) is 67.6 Å². The lowest BCUT2D eigenvalue weighted by Crippen LogP contribution is -2.33. The summed E-state index contributed by atoms with van der Waals surface area (Å²) in [6.07, 6.45) is 0.862. The lowest BCUT2D eigenvalue weighted by Gasteiger charge is -2.09. The van der Waals surface area contributed by atoms with Crippen LogP contribution in [0.1, 0.15) is 10.4 Å². The number of hydrogen-bond donors (Lipinski definition) is 2. The monoisotopic (exact) mass is 350 g/mol. The fraction of sp³-hybridized carbons (Fsp3) is 0.0714. The number of rotatable bonds is 5. The van der Waals surface area contributed by atoms with E-state index in [1.54, 1.807) is 24.3 Å². The second-order valence-electron chi connectivity index (χ2n) is 4.69. The van der Waals surface area contributed by atoms with Gasteiger partial charge in [-0.1, -0.05) is 23.7 Å². The summed E-state index contributed by atoms with van der Waals surface area (Å²) in [5, 5.41) is 13.6. The fourth-order valence-electron chi connectivity index (χ4n) is 1.92. The predicted molar refractivity (Wildman–Crippen MR) is 86.0 cm³/mol. The molecule has 10 heteroatoms. The lowest BCUT2D eigenvalue weighted by molar-refractivity contribution is -0.385. The molecule has 9 nitrogen and oxygen atoms in total. The van der Waals surface area contributed by atoms with E-state index in [4.69, 9.17) is 17.3 Å². The third-order valence-electron chi connectivity index (χ3n) is 3.01. The second kappa shape index (κ2) is 6.92. The Morgan fingerprint density at radius 2 is 2.00 bits per heavy atom. The van der Waals surface area contributed by atoms with Crippen molar-refractivity contribution in [2.75, 3.05) is 5.32 Å². The largest absolute Gasteiger partial charge is 0.365 e. The maximum atomic E-state index is 12.1. The number of pyridine rings is 1. The molecule has 1 heterocycles. The van der Waals surface area contributed by atoms with Gasteiger partial charge < -0.3 is 11.1 Å². The van der Waals surface area contributed by atoms with Gasteiger partial charge in [-0.2, -0.15) is 0 Å². The second-order valence-corrected chi connectivity index (χ2v) is 5.10. The summed E-state index contributed by atoms with van der Waals surface area (Å²) in [7, 11) is 0. The van der Waals surface area contributed by atoms with E-state index in [0.717, 1.165) is 16.8 Å². The first-order chi connectivity index (χ1) is 11.3. The number of amides is 2. The molecule has 0 aliphatic carbocycles. The summed E-state index contributed by atoms with van der Waals surface area (Å²) in [5.41, 5.74) is 3.34. The number of carbonyl (C=O) groups is 2. The minimum Gasteiger partial charge on any atom is -0.365 e. The van der Waals surface area contributed by atoms with Crippen LogP contribution in [0.3, 0.4) is 0 Å². The number of primary amides is 1. The average Bonchev–Trinajstić information content (AvgIpc) is 2.51. The minimum absolute atomic E-state index is 0.287. The number of hydrogen-bond acceptors (Lipinski definition) is 5. The van der Waals surface area contributed by atoms with Crippen LogP contribution in [0.25, 0.3) is 0 Å². The van der Waals surface area contributed by atoms with Crippen molar-refractivity contribution in [3.63, 3.8) is 0 Å². The summed E-state index contributed by atoms with van der Waals surface area (Å²) < 4.78 is 0.740. The summed E-state index contributed by atoms with van der Waals surface area (Å²) in [5.74, 6) is -1.77. The van der Waals surface area contributed by atoms with Crippen LogP contribution >= 0.6 is 11.6 Å². The van der Waals surface area contributed by atoms with Gasteiger partial charge in [0.2, 0.25) is 5.91 Å². The molecule has 0 bridgehead atoms. The van der Waals surface area contributed by atoms with Crippen molar-refractivity contribution >= 4 is 34.8 Å². The van der Waals surface area contributed by atoms with Gasteiger partial charge in [-0.25, -0.2) is 0 Å². The summed E-state index contributed by atoms with van der Waals surface area (Å²) in [4.78, 5) is 45.4. The first-order valence-corrected chi connectivity index (χ1v) is 6.90. The SMILES string of the molecule is NC(=O)c1cc([N+](=O)[O-])cn(CC(=O)Nc2ccccc2Cl)c1=O. The van der Waals surface area contributed by atoms with E-state index in [-0.39, 0.29) is 5.02 Å². The quantitative estimate of drug-likeness (QED) is 0.615. The number of carbonyl (C=O) groups excluding carboxylic acids is 2. The zero-order valence-corrected chi connectivity index (χ0v) is 12.8.